The van der Waals surface area contributed by atoms with Crippen LogP contribution in [0.1, 0.15) is 21.7 Å². The highest BCUT2D eigenvalue weighted by atomic mass is 32.2. The number of hydrogen-bond donors (Lipinski definition) is 2. The quantitative estimate of drug-likeness (QED) is 0.479. The Morgan fingerprint density at radius 2 is 1.90 bits per heavy atom. The minimum atomic E-state index is -3.85. The van der Waals surface area contributed by atoms with Gasteiger partial charge in [0.15, 0.2) is 0 Å². The average molecular weight is 449 g/mol. The van der Waals surface area contributed by atoms with Crippen LogP contribution in [0.15, 0.2) is 70.2 Å². The first-order chi connectivity index (χ1) is 14.3. The van der Waals surface area contributed by atoms with E-state index >= 15 is 0 Å². The van der Waals surface area contributed by atoms with Gasteiger partial charge >= 0.3 is 0 Å². The number of carbonyl (C=O) groups excluding carboxylic acids is 1. The highest BCUT2D eigenvalue weighted by Gasteiger charge is 2.16. The molecule has 9 heteroatoms. The van der Waals surface area contributed by atoms with Gasteiger partial charge in [-0.15, -0.1) is 0 Å². The lowest BCUT2D eigenvalue weighted by molar-refractivity contribution is 0.0956. The van der Waals surface area contributed by atoms with Gasteiger partial charge in [-0.2, -0.15) is 11.8 Å². The Balaban J connectivity index is 1.51. The molecule has 158 valence electrons. The number of sulfonamides is 1. The largest absolute Gasteiger partial charge is 0.468 e. The Morgan fingerprint density at radius 1 is 1.13 bits per heavy atom. The van der Waals surface area contributed by atoms with Gasteiger partial charge in [0.05, 0.1) is 16.9 Å². The maximum atomic E-state index is 13.4. The first kappa shape index (κ1) is 21.9. The Bertz CT molecular complexity index is 1100. The van der Waals surface area contributed by atoms with Crippen molar-refractivity contribution in [3.05, 3.63) is 83.6 Å². The lowest BCUT2D eigenvalue weighted by Crippen LogP contribution is -2.25. The zero-order valence-corrected chi connectivity index (χ0v) is 17.9. The zero-order chi connectivity index (χ0) is 21.6. The number of rotatable bonds is 9. The van der Waals surface area contributed by atoms with Crippen LogP contribution in [0.4, 0.5) is 10.1 Å². The van der Waals surface area contributed by atoms with Gasteiger partial charge in [-0.1, -0.05) is 0 Å². The van der Waals surface area contributed by atoms with Crippen molar-refractivity contribution in [1.82, 2.24) is 5.32 Å². The van der Waals surface area contributed by atoms with Crippen molar-refractivity contribution in [3.63, 3.8) is 0 Å². The summed E-state index contributed by atoms with van der Waals surface area (Å²) >= 11 is 1.65. The molecule has 2 N–H and O–H groups in total. The molecular weight excluding hydrogens is 427 g/mol. The third kappa shape index (κ3) is 5.87. The van der Waals surface area contributed by atoms with E-state index in [-0.39, 0.29) is 16.4 Å². The summed E-state index contributed by atoms with van der Waals surface area (Å²) in [5.74, 6) is 1.66. The van der Waals surface area contributed by atoms with E-state index in [9.17, 15) is 17.6 Å². The summed E-state index contributed by atoms with van der Waals surface area (Å²) < 4.78 is 45.9. The highest BCUT2D eigenvalue weighted by molar-refractivity contribution is 7.98. The van der Waals surface area contributed by atoms with Crippen LogP contribution in [0.3, 0.4) is 0 Å². The SMILES string of the molecule is Cc1cc(S(=O)(=O)Nc2ccc(C(=O)NCCSCc3ccco3)cc2)ccc1F. The van der Waals surface area contributed by atoms with Crippen molar-refractivity contribution in [3.8, 4) is 0 Å². The predicted octanol–water partition coefficient (Wildman–Crippen LogP) is 4.19. The summed E-state index contributed by atoms with van der Waals surface area (Å²) in [6, 6.07) is 13.4. The number of anilines is 1. The molecule has 0 bridgehead atoms. The van der Waals surface area contributed by atoms with Crippen LogP contribution >= 0.6 is 11.8 Å². The Hall–Kier alpha value is -2.78. The first-order valence-electron chi connectivity index (χ1n) is 9.12. The topological polar surface area (TPSA) is 88.4 Å². The summed E-state index contributed by atoms with van der Waals surface area (Å²) in [7, 11) is -3.85. The maximum Gasteiger partial charge on any atom is 0.261 e. The van der Waals surface area contributed by atoms with E-state index in [4.69, 9.17) is 4.42 Å². The van der Waals surface area contributed by atoms with E-state index in [0.717, 1.165) is 23.3 Å². The van der Waals surface area contributed by atoms with Crippen molar-refractivity contribution in [2.75, 3.05) is 17.0 Å². The van der Waals surface area contributed by atoms with Crippen molar-refractivity contribution in [2.45, 2.75) is 17.6 Å². The molecule has 1 aromatic heterocycles. The summed E-state index contributed by atoms with van der Waals surface area (Å²) in [6.45, 7) is 2.00. The molecule has 0 saturated heterocycles. The molecule has 0 radical (unpaired) electrons. The van der Waals surface area contributed by atoms with E-state index < -0.39 is 15.8 Å². The number of aryl methyl sites for hydroxylation is 1. The van der Waals surface area contributed by atoms with Gasteiger partial charge in [-0.3, -0.25) is 9.52 Å². The molecule has 0 spiro atoms. The van der Waals surface area contributed by atoms with Crippen LogP contribution in [0, 0.1) is 12.7 Å². The number of halogens is 1. The van der Waals surface area contributed by atoms with E-state index in [2.05, 4.69) is 10.0 Å². The van der Waals surface area contributed by atoms with Gasteiger partial charge in [-0.25, -0.2) is 12.8 Å². The standard InChI is InChI=1S/C21H21FN2O4S2/c1-15-13-19(8-9-20(15)22)30(26,27)24-17-6-4-16(5-7-17)21(25)23-10-12-29-14-18-3-2-11-28-18/h2-9,11,13,24H,10,12,14H2,1H3,(H,23,25). The Morgan fingerprint density at radius 3 is 2.57 bits per heavy atom. The summed E-state index contributed by atoms with van der Waals surface area (Å²) in [4.78, 5) is 12.2. The fourth-order valence-electron chi connectivity index (χ4n) is 2.59. The van der Waals surface area contributed by atoms with Crippen LogP contribution in [-0.2, 0) is 15.8 Å². The molecule has 0 saturated carbocycles. The number of thioether (sulfide) groups is 1. The van der Waals surface area contributed by atoms with E-state index in [0.29, 0.717) is 17.8 Å². The van der Waals surface area contributed by atoms with E-state index in [1.807, 2.05) is 12.1 Å². The second-order valence-corrected chi connectivity index (χ2v) is 9.27. The Labute approximate surface area is 178 Å². The van der Waals surface area contributed by atoms with E-state index in [1.165, 1.54) is 31.2 Å². The molecular formula is C21H21FN2O4S2. The van der Waals surface area contributed by atoms with Crippen LogP contribution < -0.4 is 10.0 Å². The number of furan rings is 1. The van der Waals surface area contributed by atoms with Crippen LogP contribution in [0.5, 0.6) is 0 Å². The third-order valence-electron chi connectivity index (χ3n) is 4.20. The average Bonchev–Trinajstić information content (AvgIpc) is 3.23. The van der Waals surface area contributed by atoms with Gasteiger partial charge in [-0.05, 0) is 67.1 Å². The highest BCUT2D eigenvalue weighted by Crippen LogP contribution is 2.19. The molecule has 0 fully saturated rings. The van der Waals surface area contributed by atoms with Gasteiger partial charge in [0, 0.05) is 23.5 Å². The maximum absolute atomic E-state index is 13.4. The van der Waals surface area contributed by atoms with E-state index in [1.54, 1.807) is 30.2 Å². The molecule has 3 rings (SSSR count). The molecule has 0 atom stereocenters. The number of nitrogens with one attached hydrogen (secondary N) is 2. The van der Waals surface area contributed by atoms with Gasteiger partial charge in [0.1, 0.15) is 11.6 Å². The molecule has 0 aliphatic heterocycles. The number of hydrogen-bond acceptors (Lipinski definition) is 5. The first-order valence-corrected chi connectivity index (χ1v) is 11.8. The van der Waals surface area contributed by atoms with Crippen molar-refractivity contribution >= 4 is 33.4 Å². The molecule has 6 nitrogen and oxygen atoms in total. The minimum Gasteiger partial charge on any atom is -0.468 e. The second-order valence-electron chi connectivity index (χ2n) is 6.48. The monoisotopic (exact) mass is 448 g/mol. The molecule has 0 aliphatic rings. The molecule has 2 aromatic carbocycles. The minimum absolute atomic E-state index is 0.0322. The zero-order valence-electron chi connectivity index (χ0n) is 16.2. The van der Waals surface area contributed by atoms with Crippen LogP contribution in [0.25, 0.3) is 0 Å². The van der Waals surface area contributed by atoms with Crippen LogP contribution in [0.2, 0.25) is 0 Å². The smallest absolute Gasteiger partial charge is 0.261 e. The molecule has 1 heterocycles. The second kappa shape index (κ2) is 9.82. The van der Waals surface area contributed by atoms with Gasteiger partial charge in [0.2, 0.25) is 0 Å². The van der Waals surface area contributed by atoms with Crippen LogP contribution in [-0.4, -0.2) is 26.6 Å². The summed E-state index contributed by atoms with van der Waals surface area (Å²) in [6.07, 6.45) is 1.63. The van der Waals surface area contributed by atoms with Crippen molar-refractivity contribution in [2.24, 2.45) is 0 Å². The lowest BCUT2D eigenvalue weighted by Gasteiger charge is -2.10. The summed E-state index contributed by atoms with van der Waals surface area (Å²) in [5, 5.41) is 2.82. The molecule has 0 aliphatic carbocycles. The third-order valence-corrected chi connectivity index (χ3v) is 6.56. The Kier molecular flexibility index (Phi) is 7.17. The fraction of sp³-hybridized carbons (Fsp3) is 0.190. The number of amides is 1. The summed E-state index contributed by atoms with van der Waals surface area (Å²) in [5.41, 5.74) is 0.973. The van der Waals surface area contributed by atoms with Gasteiger partial charge in [0.25, 0.3) is 15.9 Å². The fourth-order valence-corrected chi connectivity index (χ4v) is 4.49. The number of benzene rings is 2. The molecule has 3 aromatic rings. The lowest BCUT2D eigenvalue weighted by atomic mass is 10.2. The molecule has 30 heavy (non-hydrogen) atoms. The van der Waals surface area contributed by atoms with Gasteiger partial charge < -0.3 is 9.73 Å². The number of carbonyl (C=O) groups is 1. The molecule has 0 unspecified atom stereocenters. The predicted molar refractivity (Wildman–Crippen MR) is 116 cm³/mol. The van der Waals surface area contributed by atoms with Crippen molar-refractivity contribution < 1.29 is 22.0 Å². The normalized spacial score (nSPS) is 11.3. The molecule has 1 amide bonds. The van der Waals surface area contributed by atoms with Crippen molar-refractivity contribution in [1.29, 1.82) is 0 Å².